The molecule has 1 atom stereocenters. The molecule has 2 aliphatic rings. The molecule has 3 rings (SSSR count). The van der Waals surface area contributed by atoms with Crippen molar-refractivity contribution in [2.45, 2.75) is 4.90 Å². The number of hydrogen-bond donors (Lipinski definition) is 1. The highest BCUT2D eigenvalue weighted by atomic mass is 35.7. The summed E-state index contributed by atoms with van der Waals surface area (Å²) in [5, 5.41) is 3.35. The van der Waals surface area contributed by atoms with Crippen LogP contribution in [0.15, 0.2) is 34.2 Å². The smallest absolute Gasteiger partial charge is 0.0783 e. The Kier molecular flexibility index (Phi) is 2.67. The van der Waals surface area contributed by atoms with Crippen molar-refractivity contribution < 1.29 is 0 Å². The minimum atomic E-state index is -1.49. The Hall–Kier alpha value is -0.550. The summed E-state index contributed by atoms with van der Waals surface area (Å²) in [5.41, 5.74) is 2.98. The van der Waals surface area contributed by atoms with Crippen LogP contribution in [0.1, 0.15) is 0 Å². The molecular weight excluding hydrogens is 242 g/mol. The van der Waals surface area contributed by atoms with Crippen LogP contribution >= 0.6 is 20.1 Å². The average molecular weight is 256 g/mol. The highest BCUT2D eigenvalue weighted by Crippen LogP contribution is 2.66. The molecule has 2 aliphatic heterocycles. The van der Waals surface area contributed by atoms with E-state index in [9.17, 15) is 0 Å². The van der Waals surface area contributed by atoms with Gasteiger partial charge in [-0.2, -0.15) is 0 Å². The van der Waals surface area contributed by atoms with Crippen molar-refractivity contribution in [2.24, 2.45) is 4.99 Å². The Bertz CT molecular complexity index is 431. The standard InChI is InChI=1S/C11H14ClN3S/c12-16(15-7-5-13-6-8-15)9-14-10-3-1-2-4-11(10)16/h1-4,9,13H,5-8H2. The van der Waals surface area contributed by atoms with Crippen LogP contribution in [0, 0.1) is 0 Å². The van der Waals surface area contributed by atoms with Crippen molar-refractivity contribution in [3.8, 4) is 0 Å². The Morgan fingerprint density at radius 2 is 2.00 bits per heavy atom. The van der Waals surface area contributed by atoms with Gasteiger partial charge < -0.3 is 5.32 Å². The highest BCUT2D eigenvalue weighted by molar-refractivity contribution is 8.58. The fraction of sp³-hybridized carbons (Fsp3) is 0.364. The number of benzene rings is 1. The quantitative estimate of drug-likeness (QED) is 0.835. The van der Waals surface area contributed by atoms with Crippen LogP contribution in [0.4, 0.5) is 5.69 Å². The first-order valence-corrected chi connectivity index (χ1v) is 7.90. The Morgan fingerprint density at radius 1 is 1.25 bits per heavy atom. The van der Waals surface area contributed by atoms with Gasteiger partial charge in [-0.15, -0.1) is 0 Å². The molecule has 0 bridgehead atoms. The van der Waals surface area contributed by atoms with Gasteiger partial charge >= 0.3 is 0 Å². The number of nitrogens with one attached hydrogen (secondary N) is 1. The summed E-state index contributed by atoms with van der Waals surface area (Å²) < 4.78 is 2.36. The summed E-state index contributed by atoms with van der Waals surface area (Å²) >= 11 is 0. The zero-order chi connectivity index (χ0) is 11.0. The molecule has 0 aromatic heterocycles. The molecule has 1 saturated heterocycles. The molecule has 86 valence electrons. The number of aliphatic imine (C=N–C) groups is 1. The third kappa shape index (κ3) is 1.57. The van der Waals surface area contributed by atoms with Crippen molar-refractivity contribution in [1.29, 1.82) is 0 Å². The normalized spacial score (nSPS) is 33.3. The third-order valence-corrected chi connectivity index (χ3v) is 6.74. The van der Waals surface area contributed by atoms with Gasteiger partial charge in [-0.1, -0.05) is 12.1 Å². The second kappa shape index (κ2) is 4.04. The molecule has 0 spiro atoms. The fourth-order valence-electron chi connectivity index (χ4n) is 2.11. The molecule has 1 aromatic rings. The number of hydrogen-bond acceptors (Lipinski definition) is 3. The molecule has 16 heavy (non-hydrogen) atoms. The van der Waals surface area contributed by atoms with E-state index < -0.39 is 9.43 Å². The Morgan fingerprint density at radius 3 is 2.81 bits per heavy atom. The average Bonchev–Trinajstić information content (AvgIpc) is 2.71. The van der Waals surface area contributed by atoms with E-state index in [4.69, 9.17) is 10.7 Å². The van der Waals surface area contributed by atoms with Gasteiger partial charge in [0.15, 0.2) is 0 Å². The maximum absolute atomic E-state index is 6.81. The van der Waals surface area contributed by atoms with Crippen molar-refractivity contribution in [1.82, 2.24) is 9.62 Å². The van der Waals surface area contributed by atoms with Gasteiger partial charge in [0.25, 0.3) is 0 Å². The lowest BCUT2D eigenvalue weighted by atomic mass is 10.3. The first-order valence-electron chi connectivity index (χ1n) is 5.43. The molecule has 1 unspecified atom stereocenters. The number of para-hydroxylation sites is 1. The molecule has 2 heterocycles. The first kappa shape index (κ1) is 10.6. The van der Waals surface area contributed by atoms with Crippen LogP contribution in [0.3, 0.4) is 0 Å². The van der Waals surface area contributed by atoms with Crippen LogP contribution in [0.25, 0.3) is 0 Å². The third-order valence-electron chi connectivity index (χ3n) is 2.96. The van der Waals surface area contributed by atoms with Gasteiger partial charge in [0.2, 0.25) is 0 Å². The van der Waals surface area contributed by atoms with E-state index in [1.165, 1.54) is 4.90 Å². The maximum atomic E-state index is 6.81. The number of nitrogens with zero attached hydrogens (tertiary/aromatic N) is 2. The van der Waals surface area contributed by atoms with E-state index in [1.807, 2.05) is 23.7 Å². The van der Waals surface area contributed by atoms with Crippen LogP contribution in [0.5, 0.6) is 0 Å². The van der Waals surface area contributed by atoms with E-state index in [2.05, 4.69) is 20.7 Å². The number of halogens is 1. The lowest BCUT2D eigenvalue weighted by Crippen LogP contribution is -2.43. The molecular formula is C11H14ClN3S. The van der Waals surface area contributed by atoms with E-state index in [1.54, 1.807) is 0 Å². The molecule has 5 heteroatoms. The number of piperazine rings is 1. The predicted octanol–water partition coefficient (Wildman–Crippen LogP) is 2.50. The van der Waals surface area contributed by atoms with E-state index >= 15 is 0 Å². The summed E-state index contributed by atoms with van der Waals surface area (Å²) in [5.74, 6) is 0. The molecule has 1 N–H and O–H groups in total. The molecule has 1 aromatic carbocycles. The molecule has 0 radical (unpaired) electrons. The highest BCUT2D eigenvalue weighted by Gasteiger charge is 2.35. The van der Waals surface area contributed by atoms with Crippen molar-refractivity contribution in [3.05, 3.63) is 24.3 Å². The molecule has 3 nitrogen and oxygen atoms in total. The summed E-state index contributed by atoms with van der Waals surface area (Å²) in [6, 6.07) is 8.19. The van der Waals surface area contributed by atoms with Crippen molar-refractivity contribution in [2.75, 3.05) is 26.2 Å². The summed E-state index contributed by atoms with van der Waals surface area (Å²) in [4.78, 5) is 5.64. The van der Waals surface area contributed by atoms with Gasteiger partial charge in [-0.3, -0.25) is 0 Å². The van der Waals surface area contributed by atoms with Crippen LogP contribution < -0.4 is 5.32 Å². The van der Waals surface area contributed by atoms with Crippen molar-refractivity contribution in [3.63, 3.8) is 0 Å². The van der Waals surface area contributed by atoms with Crippen LogP contribution in [-0.4, -0.2) is 36.0 Å². The molecule has 0 amide bonds. The second-order valence-electron chi connectivity index (χ2n) is 3.93. The monoisotopic (exact) mass is 255 g/mol. The van der Waals surface area contributed by atoms with E-state index in [-0.39, 0.29) is 0 Å². The minimum Gasteiger partial charge on any atom is -0.314 e. The largest absolute Gasteiger partial charge is 0.314 e. The summed E-state index contributed by atoms with van der Waals surface area (Å²) in [6.45, 7) is 4.02. The molecule has 1 fully saturated rings. The van der Waals surface area contributed by atoms with Gasteiger partial charge in [-0.05, 0) is 32.2 Å². The lowest BCUT2D eigenvalue weighted by Gasteiger charge is -2.41. The fourth-order valence-corrected chi connectivity index (χ4v) is 5.21. The zero-order valence-corrected chi connectivity index (χ0v) is 10.5. The second-order valence-corrected chi connectivity index (χ2v) is 7.61. The van der Waals surface area contributed by atoms with Crippen LogP contribution in [-0.2, 0) is 0 Å². The maximum Gasteiger partial charge on any atom is 0.0783 e. The molecule has 0 aliphatic carbocycles. The Labute approximate surface area is 101 Å². The summed E-state index contributed by atoms with van der Waals surface area (Å²) in [7, 11) is 5.32. The molecule has 0 saturated carbocycles. The zero-order valence-electron chi connectivity index (χ0n) is 8.90. The van der Waals surface area contributed by atoms with Crippen LogP contribution in [0.2, 0.25) is 0 Å². The van der Waals surface area contributed by atoms with Gasteiger partial charge in [0.05, 0.1) is 11.2 Å². The van der Waals surface area contributed by atoms with E-state index in [0.717, 1.165) is 31.9 Å². The lowest BCUT2D eigenvalue weighted by molar-refractivity contribution is 0.393. The first-order chi connectivity index (χ1) is 7.81. The SMILES string of the molecule is ClS1(N2CCNCC2)C=Nc2ccccc21. The van der Waals surface area contributed by atoms with E-state index in [0.29, 0.717) is 0 Å². The summed E-state index contributed by atoms with van der Waals surface area (Å²) in [6.07, 6.45) is 0. The predicted molar refractivity (Wildman–Crippen MR) is 70.7 cm³/mol. The number of fused-ring (bicyclic) bond motifs is 1. The topological polar surface area (TPSA) is 27.6 Å². The van der Waals surface area contributed by atoms with Gasteiger partial charge in [0.1, 0.15) is 0 Å². The van der Waals surface area contributed by atoms with Crippen molar-refractivity contribution >= 4 is 31.3 Å². The number of rotatable bonds is 1. The van der Waals surface area contributed by atoms with Gasteiger partial charge in [-0.25, -0.2) is 9.30 Å². The van der Waals surface area contributed by atoms with Gasteiger partial charge in [0, 0.05) is 31.1 Å². The minimum absolute atomic E-state index is 0.999. The Balaban J connectivity index is 1.97.